The standard InChI is InChI=1S/C25H27ClFN3O2/c1-3-25(31)30-12-10-29(11-13-30)16-17(2)32-19-5-7-22-20(8-9-28-24(22)15-19)21-6-4-18(27)14-23(21)26/h4-9,14-15,17H,3,10-13,16H2,1-2H3/t17-/m1/s1. The van der Waals surface area contributed by atoms with Crippen LogP contribution in [-0.4, -0.2) is 59.5 Å². The van der Waals surface area contributed by atoms with Crippen LogP contribution in [0.2, 0.25) is 5.02 Å². The first-order chi connectivity index (χ1) is 15.4. The maximum atomic E-state index is 13.5. The van der Waals surface area contributed by atoms with Crippen molar-refractivity contribution in [3.63, 3.8) is 0 Å². The Morgan fingerprint density at radius 2 is 1.91 bits per heavy atom. The molecule has 5 nitrogen and oxygen atoms in total. The van der Waals surface area contributed by atoms with Gasteiger partial charge in [-0.2, -0.15) is 0 Å². The second kappa shape index (κ2) is 9.84. The zero-order chi connectivity index (χ0) is 22.7. The van der Waals surface area contributed by atoms with Crippen molar-refractivity contribution in [2.45, 2.75) is 26.4 Å². The van der Waals surface area contributed by atoms with Crippen LogP contribution in [0.5, 0.6) is 5.75 Å². The lowest BCUT2D eigenvalue weighted by molar-refractivity contribution is -0.132. The smallest absolute Gasteiger partial charge is 0.222 e. The van der Waals surface area contributed by atoms with Crippen LogP contribution in [0.25, 0.3) is 22.0 Å². The third kappa shape index (κ3) is 5.03. The summed E-state index contributed by atoms with van der Waals surface area (Å²) in [4.78, 5) is 20.6. The molecule has 0 unspecified atom stereocenters. The fraction of sp³-hybridized carbons (Fsp3) is 0.360. The Balaban J connectivity index is 1.44. The van der Waals surface area contributed by atoms with E-state index in [0.29, 0.717) is 11.4 Å². The molecule has 0 saturated carbocycles. The quantitative estimate of drug-likeness (QED) is 0.523. The fourth-order valence-electron chi connectivity index (χ4n) is 4.18. The van der Waals surface area contributed by atoms with Gasteiger partial charge in [0, 0.05) is 62.4 Å². The van der Waals surface area contributed by atoms with Gasteiger partial charge in [0.1, 0.15) is 17.7 Å². The molecule has 7 heteroatoms. The molecule has 1 fully saturated rings. The Kier molecular flexibility index (Phi) is 6.92. The third-order valence-electron chi connectivity index (χ3n) is 5.82. The highest BCUT2D eigenvalue weighted by atomic mass is 35.5. The lowest BCUT2D eigenvalue weighted by atomic mass is 10.0. The molecule has 0 spiro atoms. The van der Waals surface area contributed by atoms with Crippen LogP contribution in [0, 0.1) is 5.82 Å². The number of ether oxygens (including phenoxy) is 1. The molecule has 0 N–H and O–H groups in total. The van der Waals surface area contributed by atoms with Crippen molar-refractivity contribution in [3.05, 3.63) is 59.5 Å². The van der Waals surface area contributed by atoms with E-state index in [1.54, 1.807) is 12.3 Å². The van der Waals surface area contributed by atoms with Crippen LogP contribution in [0.4, 0.5) is 4.39 Å². The van der Waals surface area contributed by atoms with Crippen LogP contribution in [0.15, 0.2) is 48.7 Å². The molecule has 0 aliphatic carbocycles. The van der Waals surface area contributed by atoms with E-state index in [0.717, 1.165) is 60.5 Å². The highest BCUT2D eigenvalue weighted by Gasteiger charge is 2.21. The van der Waals surface area contributed by atoms with Crippen molar-refractivity contribution in [2.75, 3.05) is 32.7 Å². The molecule has 1 atom stereocenters. The summed E-state index contributed by atoms with van der Waals surface area (Å²) in [5, 5.41) is 1.30. The summed E-state index contributed by atoms with van der Waals surface area (Å²) >= 11 is 6.28. The van der Waals surface area contributed by atoms with E-state index in [1.165, 1.54) is 12.1 Å². The molecule has 4 rings (SSSR count). The van der Waals surface area contributed by atoms with Crippen LogP contribution in [0.1, 0.15) is 20.3 Å². The van der Waals surface area contributed by atoms with Gasteiger partial charge in [-0.1, -0.05) is 18.5 Å². The maximum absolute atomic E-state index is 13.5. The highest BCUT2D eigenvalue weighted by Crippen LogP contribution is 2.34. The zero-order valence-corrected chi connectivity index (χ0v) is 19.1. The Bertz CT molecular complexity index is 1120. The average Bonchev–Trinajstić information content (AvgIpc) is 2.78. The molecular formula is C25H27ClFN3O2. The lowest BCUT2D eigenvalue weighted by Crippen LogP contribution is -2.50. The number of halogens is 2. The van der Waals surface area contributed by atoms with Gasteiger partial charge in [-0.05, 0) is 48.9 Å². The molecule has 0 bridgehead atoms. The Morgan fingerprint density at radius 1 is 1.12 bits per heavy atom. The molecule has 1 aliphatic rings. The van der Waals surface area contributed by atoms with Crippen molar-refractivity contribution >= 4 is 28.4 Å². The zero-order valence-electron chi connectivity index (χ0n) is 18.4. The molecule has 1 aliphatic heterocycles. The number of carbonyl (C=O) groups excluding carboxylic acids is 1. The van der Waals surface area contributed by atoms with Crippen LogP contribution in [0.3, 0.4) is 0 Å². The average molecular weight is 456 g/mol. The number of rotatable bonds is 6. The normalized spacial score (nSPS) is 15.7. The number of carbonyl (C=O) groups is 1. The van der Waals surface area contributed by atoms with Crippen molar-refractivity contribution in [2.24, 2.45) is 0 Å². The van der Waals surface area contributed by atoms with Crippen LogP contribution < -0.4 is 4.74 Å². The van der Waals surface area contributed by atoms with Gasteiger partial charge in [0.2, 0.25) is 5.91 Å². The van der Waals surface area contributed by atoms with Crippen LogP contribution >= 0.6 is 11.6 Å². The lowest BCUT2D eigenvalue weighted by Gasteiger charge is -2.35. The van der Waals surface area contributed by atoms with Crippen LogP contribution in [-0.2, 0) is 4.79 Å². The minimum absolute atomic E-state index is 0.00407. The SMILES string of the molecule is CCC(=O)N1CCN(C[C@@H](C)Oc2ccc3c(-c4ccc(F)cc4Cl)ccnc3c2)CC1. The van der Waals surface area contributed by atoms with Gasteiger partial charge in [-0.15, -0.1) is 0 Å². The molecule has 1 aromatic heterocycles. The molecular weight excluding hydrogens is 429 g/mol. The van der Waals surface area contributed by atoms with E-state index in [4.69, 9.17) is 16.3 Å². The molecule has 2 aromatic carbocycles. The molecule has 0 radical (unpaired) electrons. The summed E-state index contributed by atoms with van der Waals surface area (Å²) < 4.78 is 19.6. The van der Waals surface area contributed by atoms with Gasteiger partial charge in [-0.25, -0.2) is 4.39 Å². The topological polar surface area (TPSA) is 45.7 Å². The van der Waals surface area contributed by atoms with Gasteiger partial charge in [0.05, 0.1) is 10.5 Å². The summed E-state index contributed by atoms with van der Waals surface area (Å²) in [7, 11) is 0. The van der Waals surface area contributed by atoms with E-state index >= 15 is 0 Å². The number of fused-ring (bicyclic) bond motifs is 1. The van der Waals surface area contributed by atoms with Gasteiger partial charge in [0.15, 0.2) is 0 Å². The molecule has 168 valence electrons. The van der Waals surface area contributed by atoms with E-state index in [1.807, 2.05) is 36.1 Å². The Labute approximate surface area is 192 Å². The largest absolute Gasteiger partial charge is 0.489 e. The Morgan fingerprint density at radius 3 is 2.62 bits per heavy atom. The van der Waals surface area contributed by atoms with Crippen molar-refractivity contribution in [1.29, 1.82) is 0 Å². The van der Waals surface area contributed by atoms with E-state index in [9.17, 15) is 9.18 Å². The molecule has 1 saturated heterocycles. The first-order valence-electron chi connectivity index (χ1n) is 11.0. The predicted octanol–water partition coefficient (Wildman–Crippen LogP) is 5.02. The van der Waals surface area contributed by atoms with Gasteiger partial charge < -0.3 is 9.64 Å². The van der Waals surface area contributed by atoms with Crippen molar-refractivity contribution in [3.8, 4) is 16.9 Å². The number of amides is 1. The summed E-state index contributed by atoms with van der Waals surface area (Å²) in [6.07, 6.45) is 2.28. The Hall–Kier alpha value is -2.70. The van der Waals surface area contributed by atoms with Crippen molar-refractivity contribution in [1.82, 2.24) is 14.8 Å². The van der Waals surface area contributed by atoms with Gasteiger partial charge in [-0.3, -0.25) is 14.7 Å². The van der Waals surface area contributed by atoms with Gasteiger partial charge in [0.25, 0.3) is 0 Å². The number of pyridine rings is 1. The van der Waals surface area contributed by atoms with Gasteiger partial charge >= 0.3 is 0 Å². The second-order valence-electron chi connectivity index (χ2n) is 8.13. The number of hydrogen-bond donors (Lipinski definition) is 0. The molecule has 2 heterocycles. The fourth-order valence-corrected chi connectivity index (χ4v) is 4.45. The number of hydrogen-bond acceptors (Lipinski definition) is 4. The monoisotopic (exact) mass is 455 g/mol. The first kappa shape index (κ1) is 22.5. The van der Waals surface area contributed by atoms with Crippen molar-refractivity contribution < 1.29 is 13.9 Å². The molecule has 1 amide bonds. The van der Waals surface area contributed by atoms with E-state index in [2.05, 4.69) is 16.8 Å². The minimum atomic E-state index is -0.361. The summed E-state index contributed by atoms with van der Waals surface area (Å²) in [5.41, 5.74) is 2.46. The summed E-state index contributed by atoms with van der Waals surface area (Å²) in [6, 6.07) is 12.1. The highest BCUT2D eigenvalue weighted by molar-refractivity contribution is 6.33. The van der Waals surface area contributed by atoms with E-state index < -0.39 is 0 Å². The molecule has 3 aromatic rings. The number of benzene rings is 2. The maximum Gasteiger partial charge on any atom is 0.222 e. The summed E-state index contributed by atoms with van der Waals surface area (Å²) in [5.74, 6) is 0.610. The predicted molar refractivity (Wildman–Crippen MR) is 126 cm³/mol. The third-order valence-corrected chi connectivity index (χ3v) is 6.13. The second-order valence-corrected chi connectivity index (χ2v) is 8.53. The number of nitrogens with zero attached hydrogens (tertiary/aromatic N) is 3. The molecule has 32 heavy (non-hydrogen) atoms. The number of aromatic nitrogens is 1. The summed E-state index contributed by atoms with van der Waals surface area (Å²) in [6.45, 7) is 8.02. The first-order valence-corrected chi connectivity index (χ1v) is 11.3. The number of piperazine rings is 1. The van der Waals surface area contributed by atoms with E-state index in [-0.39, 0.29) is 17.8 Å². The minimum Gasteiger partial charge on any atom is -0.489 e.